The highest BCUT2D eigenvalue weighted by atomic mass is 16.5. The van der Waals surface area contributed by atoms with Crippen molar-refractivity contribution in [3.63, 3.8) is 0 Å². The number of hydrogen-bond acceptors (Lipinski definition) is 3. The van der Waals surface area contributed by atoms with E-state index >= 15 is 0 Å². The molecule has 1 heterocycles. The molecule has 1 rings (SSSR count). The Morgan fingerprint density at radius 2 is 1.92 bits per heavy atom. The van der Waals surface area contributed by atoms with Crippen LogP contribution in [-0.4, -0.2) is 49.0 Å². The summed E-state index contributed by atoms with van der Waals surface area (Å²) in [6.45, 7) is 10.7. The van der Waals surface area contributed by atoms with Gasteiger partial charge in [-0.05, 0) is 6.92 Å². The fourth-order valence-corrected chi connectivity index (χ4v) is 1.47. The van der Waals surface area contributed by atoms with Gasteiger partial charge < -0.3 is 9.84 Å². The van der Waals surface area contributed by atoms with E-state index in [2.05, 4.69) is 18.7 Å². The standard InChI is InChI=1S/C10H21NO2/c1-9(12)10(2,3)8-11-4-6-13-7-5-11/h9,12H,4-8H2,1-3H3. The van der Waals surface area contributed by atoms with Crippen molar-refractivity contribution in [1.29, 1.82) is 0 Å². The molecule has 0 radical (unpaired) electrons. The summed E-state index contributed by atoms with van der Waals surface area (Å²) in [7, 11) is 0. The summed E-state index contributed by atoms with van der Waals surface area (Å²) >= 11 is 0. The Morgan fingerprint density at radius 3 is 2.38 bits per heavy atom. The normalized spacial score (nSPS) is 23.1. The van der Waals surface area contributed by atoms with Crippen molar-refractivity contribution >= 4 is 0 Å². The van der Waals surface area contributed by atoms with Crippen LogP contribution in [0.2, 0.25) is 0 Å². The number of aliphatic hydroxyl groups excluding tert-OH is 1. The van der Waals surface area contributed by atoms with Crippen molar-refractivity contribution in [3.05, 3.63) is 0 Å². The fourth-order valence-electron chi connectivity index (χ4n) is 1.47. The maximum absolute atomic E-state index is 9.55. The van der Waals surface area contributed by atoms with Crippen LogP contribution in [0.3, 0.4) is 0 Å². The average molecular weight is 187 g/mol. The van der Waals surface area contributed by atoms with Gasteiger partial charge in [0.15, 0.2) is 0 Å². The first-order valence-electron chi connectivity index (χ1n) is 5.00. The lowest BCUT2D eigenvalue weighted by Gasteiger charge is -2.36. The molecule has 1 aliphatic rings. The molecule has 0 aromatic rings. The maximum Gasteiger partial charge on any atom is 0.0594 e. The molecule has 0 aliphatic carbocycles. The van der Waals surface area contributed by atoms with Crippen LogP contribution in [0.1, 0.15) is 20.8 Å². The Morgan fingerprint density at radius 1 is 1.38 bits per heavy atom. The highest BCUT2D eigenvalue weighted by Gasteiger charge is 2.27. The Hall–Kier alpha value is -0.120. The third-order valence-electron chi connectivity index (χ3n) is 2.87. The van der Waals surface area contributed by atoms with E-state index in [0.29, 0.717) is 0 Å². The number of nitrogens with zero attached hydrogens (tertiary/aromatic N) is 1. The van der Waals surface area contributed by atoms with Crippen LogP contribution in [0.4, 0.5) is 0 Å². The molecule has 1 unspecified atom stereocenters. The molecule has 3 heteroatoms. The first-order chi connectivity index (χ1) is 6.02. The second kappa shape index (κ2) is 4.40. The van der Waals surface area contributed by atoms with E-state index in [1.54, 1.807) is 0 Å². The third-order valence-corrected chi connectivity index (χ3v) is 2.87. The lowest BCUT2D eigenvalue weighted by atomic mass is 9.87. The highest BCUT2D eigenvalue weighted by Crippen LogP contribution is 2.22. The molecule has 1 aliphatic heterocycles. The molecule has 1 N–H and O–H groups in total. The molecule has 1 saturated heterocycles. The fraction of sp³-hybridized carbons (Fsp3) is 1.00. The summed E-state index contributed by atoms with van der Waals surface area (Å²) in [4.78, 5) is 2.36. The second-order valence-corrected chi connectivity index (χ2v) is 4.55. The molecule has 1 fully saturated rings. The summed E-state index contributed by atoms with van der Waals surface area (Å²) in [6, 6.07) is 0. The summed E-state index contributed by atoms with van der Waals surface area (Å²) < 4.78 is 5.27. The van der Waals surface area contributed by atoms with Gasteiger partial charge in [0.1, 0.15) is 0 Å². The van der Waals surface area contributed by atoms with Gasteiger partial charge in [-0.1, -0.05) is 13.8 Å². The third kappa shape index (κ3) is 3.25. The topological polar surface area (TPSA) is 32.7 Å². The quantitative estimate of drug-likeness (QED) is 0.707. The molecule has 0 amide bonds. The SMILES string of the molecule is CC(O)C(C)(C)CN1CCOCC1. The molecule has 78 valence electrons. The van der Waals surface area contributed by atoms with Gasteiger partial charge in [0.25, 0.3) is 0 Å². The minimum atomic E-state index is -0.254. The molecule has 0 aromatic heterocycles. The minimum absolute atomic E-state index is 0.0165. The van der Waals surface area contributed by atoms with Crippen molar-refractivity contribution in [2.45, 2.75) is 26.9 Å². The van der Waals surface area contributed by atoms with E-state index in [1.165, 1.54) is 0 Å². The van der Waals surface area contributed by atoms with Crippen molar-refractivity contribution in [1.82, 2.24) is 4.90 Å². The summed E-state index contributed by atoms with van der Waals surface area (Å²) in [5.41, 5.74) is -0.0165. The number of hydrogen-bond donors (Lipinski definition) is 1. The van der Waals surface area contributed by atoms with Gasteiger partial charge in [-0.3, -0.25) is 4.90 Å². The zero-order chi connectivity index (χ0) is 9.90. The summed E-state index contributed by atoms with van der Waals surface area (Å²) in [5, 5.41) is 9.55. The van der Waals surface area contributed by atoms with E-state index < -0.39 is 0 Å². The van der Waals surface area contributed by atoms with Crippen LogP contribution in [-0.2, 0) is 4.74 Å². The van der Waals surface area contributed by atoms with Crippen LogP contribution >= 0.6 is 0 Å². The summed E-state index contributed by atoms with van der Waals surface area (Å²) in [5.74, 6) is 0. The van der Waals surface area contributed by atoms with Crippen LogP contribution in [0.25, 0.3) is 0 Å². The van der Waals surface area contributed by atoms with E-state index in [0.717, 1.165) is 32.8 Å². The molecule has 0 saturated carbocycles. The van der Waals surface area contributed by atoms with Gasteiger partial charge in [0.2, 0.25) is 0 Å². The van der Waals surface area contributed by atoms with Gasteiger partial charge in [-0.25, -0.2) is 0 Å². The van der Waals surface area contributed by atoms with Crippen molar-refractivity contribution in [3.8, 4) is 0 Å². The summed E-state index contributed by atoms with van der Waals surface area (Å²) in [6.07, 6.45) is -0.254. The molecule has 0 aromatic carbocycles. The van der Waals surface area contributed by atoms with Gasteiger partial charge in [0.05, 0.1) is 19.3 Å². The monoisotopic (exact) mass is 187 g/mol. The Bertz CT molecular complexity index is 151. The first kappa shape index (κ1) is 11.0. The highest BCUT2D eigenvalue weighted by molar-refractivity contribution is 4.79. The first-order valence-corrected chi connectivity index (χ1v) is 5.00. The van der Waals surface area contributed by atoms with Gasteiger partial charge in [-0.15, -0.1) is 0 Å². The van der Waals surface area contributed by atoms with E-state index in [4.69, 9.17) is 4.74 Å². The minimum Gasteiger partial charge on any atom is -0.393 e. The van der Waals surface area contributed by atoms with Crippen LogP contribution in [0, 0.1) is 5.41 Å². The van der Waals surface area contributed by atoms with E-state index in [9.17, 15) is 5.11 Å². The van der Waals surface area contributed by atoms with Crippen molar-refractivity contribution in [2.75, 3.05) is 32.8 Å². The Kier molecular flexibility index (Phi) is 3.71. The van der Waals surface area contributed by atoms with Crippen LogP contribution in [0.5, 0.6) is 0 Å². The van der Waals surface area contributed by atoms with Gasteiger partial charge >= 0.3 is 0 Å². The lowest BCUT2D eigenvalue weighted by molar-refractivity contribution is -0.0107. The number of aliphatic hydroxyl groups is 1. The Balaban J connectivity index is 2.37. The average Bonchev–Trinajstić information content (AvgIpc) is 2.05. The zero-order valence-electron chi connectivity index (χ0n) is 8.92. The molecule has 13 heavy (non-hydrogen) atoms. The maximum atomic E-state index is 9.55. The molecular weight excluding hydrogens is 166 g/mol. The Labute approximate surface area is 80.7 Å². The van der Waals surface area contributed by atoms with Crippen LogP contribution in [0.15, 0.2) is 0 Å². The van der Waals surface area contributed by atoms with Crippen molar-refractivity contribution < 1.29 is 9.84 Å². The zero-order valence-corrected chi connectivity index (χ0v) is 8.92. The van der Waals surface area contributed by atoms with Crippen molar-refractivity contribution in [2.24, 2.45) is 5.41 Å². The predicted molar refractivity (Wildman–Crippen MR) is 52.7 cm³/mol. The van der Waals surface area contributed by atoms with Gasteiger partial charge in [-0.2, -0.15) is 0 Å². The number of morpholine rings is 1. The molecular formula is C10H21NO2. The molecule has 1 atom stereocenters. The molecule has 0 bridgehead atoms. The number of ether oxygens (including phenoxy) is 1. The second-order valence-electron chi connectivity index (χ2n) is 4.55. The van der Waals surface area contributed by atoms with E-state index in [1.807, 2.05) is 6.92 Å². The van der Waals surface area contributed by atoms with Gasteiger partial charge in [0, 0.05) is 25.0 Å². The van der Waals surface area contributed by atoms with Crippen LogP contribution < -0.4 is 0 Å². The lowest BCUT2D eigenvalue weighted by Crippen LogP contribution is -2.45. The smallest absolute Gasteiger partial charge is 0.0594 e. The molecule has 3 nitrogen and oxygen atoms in total. The predicted octanol–water partition coefficient (Wildman–Crippen LogP) is 0.726. The largest absolute Gasteiger partial charge is 0.393 e. The molecule has 0 spiro atoms. The number of rotatable bonds is 3. The van der Waals surface area contributed by atoms with E-state index in [-0.39, 0.29) is 11.5 Å².